The maximum absolute atomic E-state index is 10.1. The highest BCUT2D eigenvalue weighted by Crippen LogP contribution is 2.09. The number of rotatable bonds is 11. The number of hydrogen-bond donors (Lipinski definition) is 1. The van der Waals surface area contributed by atoms with Crippen LogP contribution in [0.2, 0.25) is 0 Å². The Morgan fingerprint density at radius 1 is 1.18 bits per heavy atom. The first-order chi connectivity index (χ1) is 10.5. The van der Waals surface area contributed by atoms with Gasteiger partial charge in [0, 0.05) is 33.4 Å². The fraction of sp³-hybridized carbons (Fsp3) is 0.667. The van der Waals surface area contributed by atoms with Gasteiger partial charge in [0.1, 0.15) is 0 Å². The molecule has 0 saturated carbocycles. The Morgan fingerprint density at radius 2 is 1.86 bits per heavy atom. The third-order valence-electron chi connectivity index (χ3n) is 3.44. The Morgan fingerprint density at radius 3 is 2.45 bits per heavy atom. The molecule has 0 amide bonds. The van der Waals surface area contributed by atoms with E-state index in [1.165, 1.54) is 11.1 Å². The monoisotopic (exact) mass is 309 g/mol. The minimum absolute atomic E-state index is 0.147. The lowest BCUT2D eigenvalue weighted by atomic mass is 10.1. The summed E-state index contributed by atoms with van der Waals surface area (Å²) in [6.07, 6.45) is 0.643. The van der Waals surface area contributed by atoms with Crippen molar-refractivity contribution in [1.82, 2.24) is 4.90 Å². The van der Waals surface area contributed by atoms with Crippen LogP contribution >= 0.6 is 0 Å². The van der Waals surface area contributed by atoms with Crippen LogP contribution in [0.3, 0.4) is 0 Å². The van der Waals surface area contributed by atoms with Gasteiger partial charge in [0.05, 0.1) is 18.8 Å². The van der Waals surface area contributed by atoms with E-state index in [4.69, 9.17) is 9.47 Å². The second kappa shape index (κ2) is 10.7. The minimum Gasteiger partial charge on any atom is -0.389 e. The average Bonchev–Trinajstić information content (AvgIpc) is 2.47. The summed E-state index contributed by atoms with van der Waals surface area (Å²) >= 11 is 0. The van der Waals surface area contributed by atoms with Crippen LogP contribution in [0.25, 0.3) is 0 Å². The van der Waals surface area contributed by atoms with Crippen molar-refractivity contribution in [3.63, 3.8) is 0 Å². The molecule has 4 heteroatoms. The number of nitrogens with zero attached hydrogens (tertiary/aromatic N) is 1. The van der Waals surface area contributed by atoms with E-state index in [0.717, 1.165) is 26.1 Å². The van der Waals surface area contributed by atoms with E-state index in [9.17, 15) is 5.11 Å². The van der Waals surface area contributed by atoms with Gasteiger partial charge in [0.25, 0.3) is 0 Å². The molecule has 22 heavy (non-hydrogen) atoms. The number of aliphatic hydroxyl groups is 1. The van der Waals surface area contributed by atoms with Gasteiger partial charge in [-0.1, -0.05) is 29.8 Å². The number of aliphatic hydroxyl groups excluding tert-OH is 1. The Balaban J connectivity index is 2.52. The van der Waals surface area contributed by atoms with E-state index >= 15 is 0 Å². The molecule has 0 saturated heterocycles. The molecule has 126 valence electrons. The molecule has 0 aliphatic carbocycles. The fourth-order valence-electron chi connectivity index (χ4n) is 2.27. The smallest absolute Gasteiger partial charge is 0.0900 e. The second-order valence-corrected chi connectivity index (χ2v) is 6.10. The summed E-state index contributed by atoms with van der Waals surface area (Å²) in [5, 5.41) is 10.1. The molecule has 0 bridgehead atoms. The third kappa shape index (κ3) is 8.49. The van der Waals surface area contributed by atoms with Crippen molar-refractivity contribution >= 4 is 0 Å². The largest absolute Gasteiger partial charge is 0.389 e. The van der Waals surface area contributed by atoms with Crippen molar-refractivity contribution in [3.05, 3.63) is 35.4 Å². The van der Waals surface area contributed by atoms with Gasteiger partial charge in [-0.3, -0.25) is 4.90 Å². The summed E-state index contributed by atoms with van der Waals surface area (Å²) in [6.45, 7) is 9.53. The van der Waals surface area contributed by atoms with Crippen molar-refractivity contribution in [2.24, 2.45) is 0 Å². The van der Waals surface area contributed by atoms with Crippen LogP contribution in [-0.2, 0) is 16.0 Å². The first kappa shape index (κ1) is 19.1. The van der Waals surface area contributed by atoms with Crippen LogP contribution in [0.5, 0.6) is 0 Å². The molecule has 0 fully saturated rings. The van der Waals surface area contributed by atoms with E-state index in [1.54, 1.807) is 7.11 Å². The molecule has 1 N–H and O–H groups in total. The molecule has 0 heterocycles. The zero-order chi connectivity index (χ0) is 16.4. The van der Waals surface area contributed by atoms with E-state index < -0.39 is 6.10 Å². The normalized spacial score (nSPS) is 13.0. The zero-order valence-corrected chi connectivity index (χ0v) is 14.4. The highest BCUT2D eigenvalue weighted by molar-refractivity contribution is 5.21. The molecule has 1 atom stereocenters. The van der Waals surface area contributed by atoms with Crippen LogP contribution in [0, 0.1) is 6.92 Å². The topological polar surface area (TPSA) is 41.9 Å². The van der Waals surface area contributed by atoms with Gasteiger partial charge in [0.2, 0.25) is 0 Å². The van der Waals surface area contributed by atoms with E-state index in [1.807, 2.05) is 13.8 Å². The molecule has 0 spiro atoms. The van der Waals surface area contributed by atoms with Crippen LogP contribution in [-0.4, -0.2) is 55.6 Å². The van der Waals surface area contributed by atoms with E-state index in [2.05, 4.69) is 36.1 Å². The highest BCUT2D eigenvalue weighted by atomic mass is 16.5. The van der Waals surface area contributed by atoms with Crippen LogP contribution in [0.15, 0.2) is 24.3 Å². The van der Waals surface area contributed by atoms with Gasteiger partial charge in [0.15, 0.2) is 0 Å². The van der Waals surface area contributed by atoms with Gasteiger partial charge >= 0.3 is 0 Å². The Bertz CT molecular complexity index is 392. The van der Waals surface area contributed by atoms with Crippen LogP contribution in [0.1, 0.15) is 31.4 Å². The van der Waals surface area contributed by atoms with E-state index in [-0.39, 0.29) is 6.10 Å². The summed E-state index contributed by atoms with van der Waals surface area (Å²) in [5.41, 5.74) is 2.53. The lowest BCUT2D eigenvalue weighted by Crippen LogP contribution is -2.36. The van der Waals surface area contributed by atoms with Gasteiger partial charge in [-0.05, 0) is 32.8 Å². The maximum Gasteiger partial charge on any atom is 0.0900 e. The fourth-order valence-corrected chi connectivity index (χ4v) is 2.27. The molecular formula is C18H31NO3. The zero-order valence-electron chi connectivity index (χ0n) is 14.4. The molecule has 0 unspecified atom stereocenters. The average molecular weight is 309 g/mol. The Hall–Kier alpha value is -0.940. The Kier molecular flexibility index (Phi) is 9.32. The molecular weight excluding hydrogens is 278 g/mol. The predicted octanol–water partition coefficient (Wildman–Crippen LogP) is 2.62. The van der Waals surface area contributed by atoms with Gasteiger partial charge in [-0.15, -0.1) is 0 Å². The number of benzene rings is 1. The quantitative estimate of drug-likeness (QED) is 0.638. The van der Waals surface area contributed by atoms with Gasteiger partial charge in [-0.25, -0.2) is 0 Å². The van der Waals surface area contributed by atoms with Crippen molar-refractivity contribution in [1.29, 1.82) is 0 Å². The lowest BCUT2D eigenvalue weighted by molar-refractivity contribution is -0.0103. The highest BCUT2D eigenvalue weighted by Gasteiger charge is 2.13. The summed E-state index contributed by atoms with van der Waals surface area (Å²) in [6, 6.07) is 8.55. The summed E-state index contributed by atoms with van der Waals surface area (Å²) < 4.78 is 10.6. The molecule has 1 rings (SSSR count). The lowest BCUT2D eigenvalue weighted by Gasteiger charge is -2.25. The van der Waals surface area contributed by atoms with Crippen molar-refractivity contribution in [2.45, 2.75) is 45.9 Å². The van der Waals surface area contributed by atoms with Crippen molar-refractivity contribution in [2.75, 3.05) is 33.4 Å². The molecule has 1 aromatic carbocycles. The van der Waals surface area contributed by atoms with Gasteiger partial charge < -0.3 is 14.6 Å². The summed E-state index contributed by atoms with van der Waals surface area (Å²) in [5.74, 6) is 0. The van der Waals surface area contributed by atoms with Crippen molar-refractivity contribution in [3.8, 4) is 0 Å². The first-order valence-corrected chi connectivity index (χ1v) is 8.07. The standard InChI is InChI=1S/C18H31NO3/c1-15(2)22-14-18(20)13-19(10-5-11-21-4)12-17-8-6-16(3)7-9-17/h6-9,15,18,20H,5,10-14H2,1-4H3/t18-/m0/s1. The molecule has 0 aliphatic rings. The third-order valence-corrected chi connectivity index (χ3v) is 3.44. The first-order valence-electron chi connectivity index (χ1n) is 8.07. The summed E-state index contributed by atoms with van der Waals surface area (Å²) in [7, 11) is 1.72. The molecule has 4 nitrogen and oxygen atoms in total. The maximum atomic E-state index is 10.1. The number of hydrogen-bond acceptors (Lipinski definition) is 4. The van der Waals surface area contributed by atoms with Crippen LogP contribution in [0.4, 0.5) is 0 Å². The predicted molar refractivity (Wildman–Crippen MR) is 90.0 cm³/mol. The SMILES string of the molecule is COCCCN(Cc1ccc(C)cc1)C[C@H](O)COC(C)C. The molecule has 0 radical (unpaired) electrons. The minimum atomic E-state index is -0.463. The number of ether oxygens (including phenoxy) is 2. The number of methoxy groups -OCH3 is 1. The molecule has 0 aromatic heterocycles. The van der Waals surface area contributed by atoms with Gasteiger partial charge in [-0.2, -0.15) is 0 Å². The molecule has 1 aromatic rings. The second-order valence-electron chi connectivity index (χ2n) is 6.10. The van der Waals surface area contributed by atoms with Crippen molar-refractivity contribution < 1.29 is 14.6 Å². The molecule has 0 aliphatic heterocycles. The van der Waals surface area contributed by atoms with E-state index in [0.29, 0.717) is 13.2 Å². The number of aryl methyl sites for hydroxylation is 1. The van der Waals surface area contributed by atoms with Crippen LogP contribution < -0.4 is 0 Å². The Labute approximate surface area is 135 Å². The summed E-state index contributed by atoms with van der Waals surface area (Å²) in [4.78, 5) is 2.26.